The first-order valence-corrected chi connectivity index (χ1v) is 10.4. The summed E-state index contributed by atoms with van der Waals surface area (Å²) in [5, 5.41) is 6.21. The van der Waals surface area contributed by atoms with E-state index in [9.17, 15) is 18.8 Å². The summed E-state index contributed by atoms with van der Waals surface area (Å²) in [5.74, 6) is -1.84. The highest BCUT2D eigenvalue weighted by atomic mass is 35.5. The summed E-state index contributed by atoms with van der Waals surface area (Å²) < 4.78 is 13.4. The number of amides is 3. The van der Waals surface area contributed by atoms with Crippen LogP contribution in [0.2, 0.25) is 5.02 Å². The molecular weight excluding hydrogens is 445 g/mol. The van der Waals surface area contributed by atoms with Crippen LogP contribution < -0.4 is 15.5 Å². The molecule has 3 aromatic carbocycles. The van der Waals surface area contributed by atoms with Crippen LogP contribution in [-0.4, -0.2) is 17.7 Å². The van der Waals surface area contributed by atoms with E-state index in [4.69, 9.17) is 11.6 Å². The number of nitrogens with one attached hydrogen (secondary N) is 2. The van der Waals surface area contributed by atoms with Crippen molar-refractivity contribution in [3.8, 4) is 0 Å². The maximum absolute atomic E-state index is 13.4. The summed E-state index contributed by atoms with van der Waals surface area (Å²) >= 11 is 6.13. The lowest BCUT2D eigenvalue weighted by molar-refractivity contribution is -0.120. The van der Waals surface area contributed by atoms with E-state index in [-0.39, 0.29) is 22.9 Å². The quantitative estimate of drug-likeness (QED) is 0.513. The number of imide groups is 1. The Morgan fingerprint density at radius 2 is 1.61 bits per heavy atom. The lowest BCUT2D eigenvalue weighted by Gasteiger charge is -2.15. The molecule has 4 rings (SSSR count). The molecular formula is C25H19ClFN3O3. The predicted molar refractivity (Wildman–Crippen MR) is 126 cm³/mol. The fraction of sp³-hybridized carbons (Fsp3) is 0.0800. The summed E-state index contributed by atoms with van der Waals surface area (Å²) in [4.78, 5) is 39.1. The molecule has 0 aliphatic carbocycles. The van der Waals surface area contributed by atoms with E-state index in [2.05, 4.69) is 10.6 Å². The molecule has 0 fully saturated rings. The first-order chi connectivity index (χ1) is 15.7. The average Bonchev–Trinajstić information content (AvgIpc) is 3.01. The third-order valence-corrected chi connectivity index (χ3v) is 5.36. The Morgan fingerprint density at radius 1 is 0.939 bits per heavy atom. The molecule has 1 heterocycles. The van der Waals surface area contributed by atoms with Gasteiger partial charge in [-0.2, -0.15) is 0 Å². The lowest BCUT2D eigenvalue weighted by Crippen LogP contribution is -2.32. The second kappa shape index (κ2) is 8.88. The molecule has 33 heavy (non-hydrogen) atoms. The van der Waals surface area contributed by atoms with Crippen molar-refractivity contribution in [1.82, 2.24) is 0 Å². The molecule has 0 saturated carbocycles. The molecule has 166 valence electrons. The van der Waals surface area contributed by atoms with Gasteiger partial charge < -0.3 is 10.6 Å². The molecule has 3 aromatic rings. The molecule has 0 unspecified atom stereocenters. The fourth-order valence-corrected chi connectivity index (χ4v) is 3.70. The van der Waals surface area contributed by atoms with Crippen molar-refractivity contribution >= 4 is 52.0 Å². The highest BCUT2D eigenvalue weighted by Gasteiger charge is 2.40. The van der Waals surface area contributed by atoms with Gasteiger partial charge in [0.1, 0.15) is 11.5 Å². The minimum Gasteiger partial charge on any atom is -0.350 e. The number of nitrogens with zero attached hydrogens (tertiary/aromatic N) is 1. The third kappa shape index (κ3) is 4.49. The second-order valence-electron chi connectivity index (χ2n) is 7.51. The molecule has 0 aromatic heterocycles. The van der Waals surface area contributed by atoms with Crippen molar-refractivity contribution in [3.05, 3.63) is 94.4 Å². The summed E-state index contributed by atoms with van der Waals surface area (Å²) in [5.41, 5.74) is 2.91. The molecule has 0 radical (unpaired) electrons. The summed E-state index contributed by atoms with van der Waals surface area (Å²) in [6, 6.07) is 16.9. The van der Waals surface area contributed by atoms with Crippen LogP contribution >= 0.6 is 11.6 Å². The van der Waals surface area contributed by atoms with Gasteiger partial charge in [-0.25, -0.2) is 9.29 Å². The van der Waals surface area contributed by atoms with E-state index in [1.807, 2.05) is 6.92 Å². The topological polar surface area (TPSA) is 78.5 Å². The Balaban J connectivity index is 1.81. The van der Waals surface area contributed by atoms with Gasteiger partial charge in [0.15, 0.2) is 0 Å². The van der Waals surface area contributed by atoms with Crippen LogP contribution in [0.5, 0.6) is 0 Å². The Labute approximate surface area is 194 Å². The molecule has 8 heteroatoms. The fourth-order valence-electron chi connectivity index (χ4n) is 3.53. The number of benzene rings is 3. The van der Waals surface area contributed by atoms with Crippen molar-refractivity contribution in [2.75, 3.05) is 15.5 Å². The Hall–Kier alpha value is -3.97. The number of carbonyl (C=O) groups is 3. The van der Waals surface area contributed by atoms with Crippen molar-refractivity contribution < 1.29 is 18.8 Å². The predicted octanol–water partition coefficient (Wildman–Crippen LogP) is 5.14. The van der Waals surface area contributed by atoms with Crippen molar-refractivity contribution in [2.45, 2.75) is 13.8 Å². The molecule has 2 N–H and O–H groups in total. The van der Waals surface area contributed by atoms with Gasteiger partial charge >= 0.3 is 0 Å². The van der Waals surface area contributed by atoms with Crippen LogP contribution in [0, 0.1) is 12.7 Å². The first-order valence-electron chi connectivity index (χ1n) is 10.0. The van der Waals surface area contributed by atoms with Gasteiger partial charge in [0.25, 0.3) is 11.8 Å². The van der Waals surface area contributed by atoms with Crippen LogP contribution in [0.25, 0.3) is 5.57 Å². The number of rotatable bonds is 5. The van der Waals surface area contributed by atoms with Crippen LogP contribution in [0.4, 0.5) is 21.5 Å². The van der Waals surface area contributed by atoms with E-state index in [0.29, 0.717) is 22.0 Å². The Kier molecular flexibility index (Phi) is 5.98. The van der Waals surface area contributed by atoms with E-state index < -0.39 is 17.6 Å². The number of hydrogen-bond acceptors (Lipinski definition) is 4. The van der Waals surface area contributed by atoms with Gasteiger partial charge in [-0.15, -0.1) is 0 Å². The molecule has 1 aliphatic rings. The molecule has 0 saturated heterocycles. The SMILES string of the molecule is CC(=O)Nc1ccc(C2=C(Nc3cc(Cl)ccc3C)C(=O)N(c3ccc(F)cc3)C2=O)cc1. The average molecular weight is 464 g/mol. The minimum absolute atomic E-state index is 0.0713. The molecule has 0 bridgehead atoms. The largest absolute Gasteiger partial charge is 0.350 e. The summed E-state index contributed by atoms with van der Waals surface area (Å²) in [7, 11) is 0. The van der Waals surface area contributed by atoms with E-state index in [0.717, 1.165) is 10.5 Å². The second-order valence-corrected chi connectivity index (χ2v) is 7.95. The van der Waals surface area contributed by atoms with Gasteiger partial charge in [-0.1, -0.05) is 29.8 Å². The van der Waals surface area contributed by atoms with Gasteiger partial charge in [0, 0.05) is 23.3 Å². The number of hydrogen-bond donors (Lipinski definition) is 2. The number of halogens is 2. The zero-order chi connectivity index (χ0) is 23.7. The molecule has 3 amide bonds. The Morgan fingerprint density at radius 3 is 2.24 bits per heavy atom. The number of anilines is 3. The van der Waals surface area contributed by atoms with E-state index >= 15 is 0 Å². The smallest absolute Gasteiger partial charge is 0.282 e. The van der Waals surface area contributed by atoms with Crippen LogP contribution in [0.3, 0.4) is 0 Å². The number of carbonyl (C=O) groups excluding carboxylic acids is 3. The van der Waals surface area contributed by atoms with Crippen molar-refractivity contribution in [1.29, 1.82) is 0 Å². The summed E-state index contributed by atoms with van der Waals surface area (Å²) in [6.45, 7) is 3.24. The van der Waals surface area contributed by atoms with Gasteiger partial charge in [-0.3, -0.25) is 14.4 Å². The highest BCUT2D eigenvalue weighted by Crippen LogP contribution is 2.35. The zero-order valence-corrected chi connectivity index (χ0v) is 18.5. The van der Waals surface area contributed by atoms with Crippen LogP contribution in [0.1, 0.15) is 18.1 Å². The molecule has 1 aliphatic heterocycles. The lowest BCUT2D eigenvalue weighted by atomic mass is 10.0. The number of aryl methyl sites for hydroxylation is 1. The van der Waals surface area contributed by atoms with Crippen LogP contribution in [-0.2, 0) is 14.4 Å². The minimum atomic E-state index is -0.577. The van der Waals surface area contributed by atoms with Crippen LogP contribution in [0.15, 0.2) is 72.4 Å². The third-order valence-electron chi connectivity index (χ3n) is 5.12. The summed E-state index contributed by atoms with van der Waals surface area (Å²) in [6.07, 6.45) is 0. The molecule has 6 nitrogen and oxygen atoms in total. The van der Waals surface area contributed by atoms with Gasteiger partial charge in [0.05, 0.1) is 11.3 Å². The van der Waals surface area contributed by atoms with Gasteiger partial charge in [0.2, 0.25) is 5.91 Å². The zero-order valence-electron chi connectivity index (χ0n) is 17.8. The van der Waals surface area contributed by atoms with E-state index in [1.165, 1.54) is 31.2 Å². The Bertz CT molecular complexity index is 1300. The van der Waals surface area contributed by atoms with Gasteiger partial charge in [-0.05, 0) is 66.6 Å². The van der Waals surface area contributed by atoms with E-state index in [1.54, 1.807) is 42.5 Å². The standard InChI is InChI=1S/C25H19ClFN3O3/c1-14-3-6-17(26)13-21(14)29-23-22(16-4-9-19(10-5-16)28-15(2)31)24(32)30(25(23)33)20-11-7-18(27)8-12-20/h3-13,29H,1-2H3,(H,28,31). The maximum atomic E-state index is 13.4. The normalized spacial score (nSPS) is 13.5. The van der Waals surface area contributed by atoms with Crippen molar-refractivity contribution in [3.63, 3.8) is 0 Å². The van der Waals surface area contributed by atoms with Crippen molar-refractivity contribution in [2.24, 2.45) is 0 Å². The molecule has 0 atom stereocenters. The first kappa shape index (κ1) is 22.2. The monoisotopic (exact) mass is 463 g/mol. The molecule has 0 spiro atoms. The highest BCUT2D eigenvalue weighted by molar-refractivity contribution is 6.46. The maximum Gasteiger partial charge on any atom is 0.282 e.